The van der Waals surface area contributed by atoms with Gasteiger partial charge in [0, 0.05) is 12.1 Å². The van der Waals surface area contributed by atoms with E-state index in [0.29, 0.717) is 15.9 Å². The fourth-order valence-electron chi connectivity index (χ4n) is 1.89. The van der Waals surface area contributed by atoms with Crippen LogP contribution >= 0.6 is 15.9 Å². The predicted molar refractivity (Wildman–Crippen MR) is 69.8 cm³/mol. The molecule has 18 heavy (non-hydrogen) atoms. The van der Waals surface area contributed by atoms with E-state index in [9.17, 15) is 10.1 Å². The van der Waals surface area contributed by atoms with Crippen LogP contribution in [0.25, 0.3) is 0 Å². The van der Waals surface area contributed by atoms with Crippen molar-refractivity contribution in [3.8, 4) is 5.88 Å². The number of halogens is 1. The Labute approximate surface area is 113 Å². The van der Waals surface area contributed by atoms with Crippen molar-refractivity contribution >= 4 is 21.6 Å². The first-order valence-corrected chi connectivity index (χ1v) is 6.55. The van der Waals surface area contributed by atoms with E-state index in [1.54, 1.807) is 6.92 Å². The summed E-state index contributed by atoms with van der Waals surface area (Å²) in [7, 11) is 0. The van der Waals surface area contributed by atoms with Crippen molar-refractivity contribution in [1.82, 2.24) is 10.3 Å². The van der Waals surface area contributed by atoms with Crippen LogP contribution in [0.3, 0.4) is 0 Å². The van der Waals surface area contributed by atoms with Crippen LogP contribution in [-0.2, 0) is 0 Å². The number of ether oxygens (including phenoxy) is 1. The van der Waals surface area contributed by atoms with Crippen LogP contribution in [0.2, 0.25) is 0 Å². The Morgan fingerprint density at radius 1 is 1.67 bits per heavy atom. The topological polar surface area (TPSA) is 77.3 Å². The molecule has 0 amide bonds. The first-order chi connectivity index (χ1) is 8.59. The average Bonchev–Trinajstić information content (AvgIpc) is 2.36. The first kappa shape index (κ1) is 13.2. The van der Waals surface area contributed by atoms with Gasteiger partial charge in [-0.15, -0.1) is 0 Å². The van der Waals surface area contributed by atoms with Crippen LogP contribution in [0.4, 0.5) is 5.69 Å². The molecule has 1 aliphatic rings. The normalized spacial score (nSPS) is 19.6. The number of nitro groups is 1. The van der Waals surface area contributed by atoms with Gasteiger partial charge < -0.3 is 10.1 Å². The van der Waals surface area contributed by atoms with Crippen molar-refractivity contribution in [3.05, 3.63) is 26.3 Å². The molecule has 98 valence electrons. The van der Waals surface area contributed by atoms with Crippen molar-refractivity contribution in [1.29, 1.82) is 0 Å². The number of hydrogen-bond acceptors (Lipinski definition) is 5. The lowest BCUT2D eigenvalue weighted by Crippen LogP contribution is -2.37. The molecule has 2 rings (SSSR count). The summed E-state index contributed by atoms with van der Waals surface area (Å²) in [6.45, 7) is 3.47. The summed E-state index contributed by atoms with van der Waals surface area (Å²) < 4.78 is 6.32. The second-order valence-corrected chi connectivity index (χ2v) is 5.02. The van der Waals surface area contributed by atoms with Gasteiger partial charge in [-0.3, -0.25) is 10.1 Å². The molecule has 1 aromatic heterocycles. The SMILES string of the molecule is Cc1c([N+](=O)[O-])cnc(O[C@H]2CCCNC2)c1Br. The number of piperidine rings is 1. The van der Waals surface area contributed by atoms with Gasteiger partial charge in [0.1, 0.15) is 12.3 Å². The second kappa shape index (κ2) is 5.62. The zero-order chi connectivity index (χ0) is 13.1. The molecule has 6 nitrogen and oxygen atoms in total. The van der Waals surface area contributed by atoms with Gasteiger partial charge in [-0.25, -0.2) is 4.98 Å². The first-order valence-electron chi connectivity index (χ1n) is 5.76. The van der Waals surface area contributed by atoms with Crippen LogP contribution in [-0.4, -0.2) is 29.1 Å². The highest BCUT2D eigenvalue weighted by atomic mass is 79.9. The fraction of sp³-hybridized carbons (Fsp3) is 0.545. The minimum Gasteiger partial charge on any atom is -0.472 e. The summed E-state index contributed by atoms with van der Waals surface area (Å²) in [5, 5.41) is 14.0. The highest BCUT2D eigenvalue weighted by Gasteiger charge is 2.21. The van der Waals surface area contributed by atoms with Crippen LogP contribution < -0.4 is 10.1 Å². The Hall–Kier alpha value is -1.21. The number of nitrogens with zero attached hydrogens (tertiary/aromatic N) is 2. The third-order valence-electron chi connectivity index (χ3n) is 2.93. The van der Waals surface area contributed by atoms with Crippen LogP contribution in [0.15, 0.2) is 10.7 Å². The quantitative estimate of drug-likeness (QED) is 0.683. The van der Waals surface area contributed by atoms with Crippen molar-refractivity contribution in [3.63, 3.8) is 0 Å². The van der Waals surface area contributed by atoms with E-state index < -0.39 is 4.92 Å². The second-order valence-electron chi connectivity index (χ2n) is 4.23. The van der Waals surface area contributed by atoms with E-state index in [1.807, 2.05) is 0 Å². The third-order valence-corrected chi connectivity index (χ3v) is 3.87. The number of nitrogens with one attached hydrogen (secondary N) is 1. The minimum absolute atomic E-state index is 0.00371. The molecule has 1 N–H and O–H groups in total. The lowest BCUT2D eigenvalue weighted by molar-refractivity contribution is -0.385. The molecule has 0 spiro atoms. The molecule has 1 fully saturated rings. The summed E-state index contributed by atoms with van der Waals surface area (Å²) in [6.07, 6.45) is 3.35. The van der Waals surface area contributed by atoms with Crippen LogP contribution in [0.1, 0.15) is 18.4 Å². The molecule has 0 radical (unpaired) electrons. The molecule has 0 aliphatic carbocycles. The molecular formula is C11H14BrN3O3. The van der Waals surface area contributed by atoms with E-state index in [1.165, 1.54) is 6.20 Å². The number of rotatable bonds is 3. The van der Waals surface area contributed by atoms with Crippen molar-refractivity contribution in [2.24, 2.45) is 0 Å². The molecular weight excluding hydrogens is 302 g/mol. The molecule has 2 heterocycles. The van der Waals surface area contributed by atoms with E-state index in [4.69, 9.17) is 4.74 Å². The van der Waals surface area contributed by atoms with Gasteiger partial charge in [0.2, 0.25) is 5.88 Å². The Balaban J connectivity index is 2.18. The maximum Gasteiger partial charge on any atom is 0.291 e. The van der Waals surface area contributed by atoms with Gasteiger partial charge in [0.05, 0.1) is 9.40 Å². The van der Waals surface area contributed by atoms with Crippen molar-refractivity contribution < 1.29 is 9.66 Å². The molecule has 1 aromatic rings. The summed E-state index contributed by atoms with van der Waals surface area (Å²) in [4.78, 5) is 14.3. The smallest absolute Gasteiger partial charge is 0.291 e. The molecule has 0 unspecified atom stereocenters. The Kier molecular flexibility index (Phi) is 4.13. The van der Waals surface area contributed by atoms with Crippen molar-refractivity contribution in [2.75, 3.05) is 13.1 Å². The monoisotopic (exact) mass is 315 g/mol. The van der Waals surface area contributed by atoms with Gasteiger partial charge in [0.15, 0.2) is 0 Å². The minimum atomic E-state index is -0.445. The molecule has 0 bridgehead atoms. The Bertz CT molecular complexity index is 461. The predicted octanol–water partition coefficient (Wildman–Crippen LogP) is 2.19. The number of pyridine rings is 1. The average molecular weight is 316 g/mol. The van der Waals surface area contributed by atoms with Gasteiger partial charge in [-0.05, 0) is 42.2 Å². The van der Waals surface area contributed by atoms with Gasteiger partial charge in [-0.2, -0.15) is 0 Å². The standard InChI is InChI=1S/C11H14BrN3O3/c1-7-9(15(16)17)6-14-11(10(7)12)18-8-3-2-4-13-5-8/h6,8,13H,2-5H2,1H3/t8-/m0/s1. The summed E-state index contributed by atoms with van der Waals surface area (Å²) in [6, 6.07) is 0. The van der Waals surface area contributed by atoms with Crippen LogP contribution in [0.5, 0.6) is 5.88 Å². The maximum absolute atomic E-state index is 10.8. The summed E-state index contributed by atoms with van der Waals surface area (Å²) in [5.41, 5.74) is 0.532. The van der Waals surface area contributed by atoms with Gasteiger partial charge in [-0.1, -0.05) is 0 Å². The van der Waals surface area contributed by atoms with Crippen LogP contribution in [0, 0.1) is 17.0 Å². The summed E-state index contributed by atoms with van der Waals surface area (Å²) >= 11 is 3.31. The Morgan fingerprint density at radius 3 is 3.06 bits per heavy atom. The highest BCUT2D eigenvalue weighted by Crippen LogP contribution is 2.32. The fourth-order valence-corrected chi connectivity index (χ4v) is 2.29. The zero-order valence-corrected chi connectivity index (χ0v) is 11.6. The lowest BCUT2D eigenvalue weighted by atomic mass is 10.1. The maximum atomic E-state index is 10.8. The van der Waals surface area contributed by atoms with Crippen molar-refractivity contribution in [2.45, 2.75) is 25.9 Å². The molecule has 7 heteroatoms. The molecule has 1 atom stereocenters. The summed E-state index contributed by atoms with van der Waals surface area (Å²) in [5.74, 6) is 0.423. The Morgan fingerprint density at radius 2 is 2.44 bits per heavy atom. The molecule has 0 aromatic carbocycles. The number of hydrogen-bond donors (Lipinski definition) is 1. The lowest BCUT2D eigenvalue weighted by Gasteiger charge is -2.23. The van der Waals surface area contributed by atoms with Gasteiger partial charge >= 0.3 is 0 Å². The highest BCUT2D eigenvalue weighted by molar-refractivity contribution is 9.10. The molecule has 0 saturated carbocycles. The van der Waals surface area contributed by atoms with E-state index >= 15 is 0 Å². The molecule has 1 saturated heterocycles. The van der Waals surface area contributed by atoms with E-state index in [2.05, 4.69) is 26.2 Å². The van der Waals surface area contributed by atoms with Gasteiger partial charge in [0.25, 0.3) is 5.69 Å². The van der Waals surface area contributed by atoms with E-state index in [0.717, 1.165) is 25.9 Å². The largest absolute Gasteiger partial charge is 0.472 e. The molecule has 1 aliphatic heterocycles. The van der Waals surface area contributed by atoms with E-state index in [-0.39, 0.29) is 11.8 Å². The zero-order valence-electron chi connectivity index (χ0n) is 9.98. The third kappa shape index (κ3) is 2.78. The number of aromatic nitrogens is 1.